The first-order chi connectivity index (χ1) is 10.4. The number of esters is 1. The van der Waals surface area contributed by atoms with Crippen molar-refractivity contribution in [1.82, 2.24) is 0 Å². The highest BCUT2D eigenvalue weighted by Crippen LogP contribution is 2.24. The van der Waals surface area contributed by atoms with E-state index in [9.17, 15) is 4.79 Å². The van der Waals surface area contributed by atoms with Gasteiger partial charge in [0.2, 0.25) is 0 Å². The molecular weight excluding hydrogens is 276 g/mol. The quantitative estimate of drug-likeness (QED) is 0.787. The maximum absolute atomic E-state index is 11.4. The lowest BCUT2D eigenvalue weighted by Crippen LogP contribution is -2.10. The van der Waals surface area contributed by atoms with Crippen molar-refractivity contribution in [3.63, 3.8) is 0 Å². The highest BCUT2D eigenvalue weighted by atomic mass is 16.5. The summed E-state index contributed by atoms with van der Waals surface area (Å²) in [6, 6.07) is 15.4. The van der Waals surface area contributed by atoms with Gasteiger partial charge in [0.25, 0.3) is 0 Å². The molecule has 0 amide bonds. The Bertz CT molecular complexity index is 619. The summed E-state index contributed by atoms with van der Waals surface area (Å²) in [5.74, 6) is 0.510. The van der Waals surface area contributed by atoms with E-state index in [1.54, 1.807) is 12.1 Å². The van der Waals surface area contributed by atoms with E-state index in [1.807, 2.05) is 24.3 Å². The van der Waals surface area contributed by atoms with Crippen LogP contribution in [0.1, 0.15) is 42.3 Å². The van der Waals surface area contributed by atoms with E-state index < -0.39 is 0 Å². The first kappa shape index (κ1) is 16.1. The molecule has 0 aliphatic rings. The molecule has 2 aromatic carbocycles. The van der Waals surface area contributed by atoms with Gasteiger partial charge in [-0.3, -0.25) is 0 Å². The zero-order valence-electron chi connectivity index (χ0n) is 13.6. The summed E-state index contributed by atoms with van der Waals surface area (Å²) in [6.07, 6.45) is 0. The second-order valence-corrected chi connectivity index (χ2v) is 6.25. The SMILES string of the molecule is COC(=O)c1ccc(COc2ccc(C(C)(C)C)cc2)cc1. The molecule has 0 aliphatic heterocycles. The smallest absolute Gasteiger partial charge is 0.337 e. The Kier molecular flexibility index (Phi) is 4.86. The van der Waals surface area contributed by atoms with Crippen molar-refractivity contribution in [3.8, 4) is 5.75 Å². The molecule has 0 N–H and O–H groups in total. The van der Waals surface area contributed by atoms with Crippen LogP contribution in [0.5, 0.6) is 5.75 Å². The number of hydrogen-bond acceptors (Lipinski definition) is 3. The molecule has 0 atom stereocenters. The highest BCUT2D eigenvalue weighted by molar-refractivity contribution is 5.89. The molecular formula is C19H22O3. The Morgan fingerprint density at radius 2 is 1.55 bits per heavy atom. The van der Waals surface area contributed by atoms with Crippen molar-refractivity contribution in [2.75, 3.05) is 7.11 Å². The minimum atomic E-state index is -0.328. The summed E-state index contributed by atoms with van der Waals surface area (Å²) >= 11 is 0. The van der Waals surface area contributed by atoms with Gasteiger partial charge < -0.3 is 9.47 Å². The van der Waals surface area contributed by atoms with Gasteiger partial charge in [-0.1, -0.05) is 45.0 Å². The van der Waals surface area contributed by atoms with Crippen LogP contribution in [0.25, 0.3) is 0 Å². The van der Waals surface area contributed by atoms with Crippen LogP contribution in [0.15, 0.2) is 48.5 Å². The van der Waals surface area contributed by atoms with Crippen molar-refractivity contribution < 1.29 is 14.3 Å². The third-order valence-corrected chi connectivity index (χ3v) is 3.50. The Morgan fingerprint density at radius 3 is 2.05 bits per heavy atom. The first-order valence-electron chi connectivity index (χ1n) is 7.31. The van der Waals surface area contributed by atoms with Crippen LogP contribution >= 0.6 is 0 Å². The van der Waals surface area contributed by atoms with Crippen LogP contribution < -0.4 is 4.74 Å². The maximum atomic E-state index is 11.4. The minimum Gasteiger partial charge on any atom is -0.489 e. The van der Waals surface area contributed by atoms with Crippen molar-refractivity contribution >= 4 is 5.97 Å². The van der Waals surface area contributed by atoms with Gasteiger partial charge in [-0.2, -0.15) is 0 Å². The van der Waals surface area contributed by atoms with Gasteiger partial charge in [-0.25, -0.2) is 4.79 Å². The number of hydrogen-bond donors (Lipinski definition) is 0. The van der Waals surface area contributed by atoms with Crippen LogP contribution in [0.4, 0.5) is 0 Å². The van der Waals surface area contributed by atoms with Gasteiger partial charge in [-0.15, -0.1) is 0 Å². The zero-order chi connectivity index (χ0) is 16.2. The molecule has 116 valence electrons. The molecule has 2 rings (SSSR count). The number of rotatable bonds is 4. The average molecular weight is 298 g/mol. The van der Waals surface area contributed by atoms with E-state index in [4.69, 9.17) is 4.74 Å². The molecule has 0 unspecified atom stereocenters. The normalized spacial score (nSPS) is 11.1. The van der Waals surface area contributed by atoms with E-state index in [0.29, 0.717) is 12.2 Å². The standard InChI is InChI=1S/C19H22O3/c1-19(2,3)16-9-11-17(12-10-16)22-13-14-5-7-15(8-6-14)18(20)21-4/h5-12H,13H2,1-4H3. The van der Waals surface area contributed by atoms with Gasteiger partial charge in [0.15, 0.2) is 0 Å². The number of methoxy groups -OCH3 is 1. The Morgan fingerprint density at radius 1 is 0.955 bits per heavy atom. The number of ether oxygens (including phenoxy) is 2. The summed E-state index contributed by atoms with van der Waals surface area (Å²) in [5, 5.41) is 0. The van der Waals surface area contributed by atoms with Crippen LogP contribution in [0.3, 0.4) is 0 Å². The van der Waals surface area contributed by atoms with Gasteiger partial charge >= 0.3 is 5.97 Å². The van der Waals surface area contributed by atoms with Crippen molar-refractivity contribution in [2.45, 2.75) is 32.8 Å². The predicted molar refractivity (Wildman–Crippen MR) is 87.3 cm³/mol. The maximum Gasteiger partial charge on any atom is 0.337 e. The predicted octanol–water partition coefficient (Wildman–Crippen LogP) is 4.35. The van der Waals surface area contributed by atoms with Crippen LogP contribution in [0, 0.1) is 0 Å². The summed E-state index contributed by atoms with van der Waals surface area (Å²) < 4.78 is 10.4. The summed E-state index contributed by atoms with van der Waals surface area (Å²) in [7, 11) is 1.38. The van der Waals surface area contributed by atoms with E-state index >= 15 is 0 Å². The van der Waals surface area contributed by atoms with Crippen molar-refractivity contribution in [2.24, 2.45) is 0 Å². The average Bonchev–Trinajstić information content (AvgIpc) is 2.52. The van der Waals surface area contributed by atoms with Crippen LogP contribution in [-0.4, -0.2) is 13.1 Å². The van der Waals surface area contributed by atoms with Gasteiger partial charge in [0.05, 0.1) is 12.7 Å². The second kappa shape index (κ2) is 6.65. The third-order valence-electron chi connectivity index (χ3n) is 3.50. The van der Waals surface area contributed by atoms with Crippen molar-refractivity contribution in [1.29, 1.82) is 0 Å². The third kappa shape index (κ3) is 4.10. The fourth-order valence-electron chi connectivity index (χ4n) is 2.07. The molecule has 0 saturated carbocycles. The van der Waals surface area contributed by atoms with Gasteiger partial charge in [0.1, 0.15) is 12.4 Å². The molecule has 0 spiro atoms. The number of carbonyl (C=O) groups excluding carboxylic acids is 1. The lowest BCUT2D eigenvalue weighted by atomic mass is 9.87. The summed E-state index contributed by atoms with van der Waals surface area (Å²) in [5.41, 5.74) is 2.97. The first-order valence-corrected chi connectivity index (χ1v) is 7.31. The summed E-state index contributed by atoms with van der Waals surface area (Å²) in [4.78, 5) is 11.4. The van der Waals surface area contributed by atoms with E-state index in [-0.39, 0.29) is 11.4 Å². The van der Waals surface area contributed by atoms with Crippen LogP contribution in [0.2, 0.25) is 0 Å². The van der Waals surface area contributed by atoms with Gasteiger partial charge in [-0.05, 0) is 40.8 Å². The molecule has 0 heterocycles. The van der Waals surface area contributed by atoms with Gasteiger partial charge in [0, 0.05) is 0 Å². The van der Waals surface area contributed by atoms with E-state index in [0.717, 1.165) is 11.3 Å². The molecule has 2 aromatic rings. The molecule has 0 bridgehead atoms. The lowest BCUT2D eigenvalue weighted by Gasteiger charge is -2.19. The number of benzene rings is 2. The largest absolute Gasteiger partial charge is 0.489 e. The second-order valence-electron chi connectivity index (χ2n) is 6.25. The molecule has 22 heavy (non-hydrogen) atoms. The summed E-state index contributed by atoms with van der Waals surface area (Å²) in [6.45, 7) is 7.03. The monoisotopic (exact) mass is 298 g/mol. The highest BCUT2D eigenvalue weighted by Gasteiger charge is 2.13. The molecule has 3 nitrogen and oxygen atoms in total. The molecule has 0 aromatic heterocycles. The molecule has 3 heteroatoms. The molecule has 0 radical (unpaired) electrons. The van der Waals surface area contributed by atoms with Crippen molar-refractivity contribution in [3.05, 3.63) is 65.2 Å². The molecule has 0 saturated heterocycles. The Labute approximate surface area is 131 Å². The zero-order valence-corrected chi connectivity index (χ0v) is 13.6. The number of carbonyl (C=O) groups is 1. The fourth-order valence-corrected chi connectivity index (χ4v) is 2.07. The fraction of sp³-hybridized carbons (Fsp3) is 0.316. The topological polar surface area (TPSA) is 35.5 Å². The van der Waals surface area contributed by atoms with E-state index in [1.165, 1.54) is 12.7 Å². The van der Waals surface area contributed by atoms with Crippen LogP contribution in [-0.2, 0) is 16.8 Å². The molecule has 0 fully saturated rings. The minimum absolute atomic E-state index is 0.141. The lowest BCUT2D eigenvalue weighted by molar-refractivity contribution is 0.0600. The Balaban J connectivity index is 1.97. The molecule has 0 aliphatic carbocycles. The van der Waals surface area contributed by atoms with E-state index in [2.05, 4.69) is 37.6 Å². The Hall–Kier alpha value is -2.29.